The van der Waals surface area contributed by atoms with E-state index in [0.29, 0.717) is 13.0 Å². The summed E-state index contributed by atoms with van der Waals surface area (Å²) in [6, 6.07) is 16.7. The standard InChI is InChI=1S/C26H25FN4O2/c1-17(15-29-26(33)22-5-3-4-6-24(22)32)13-21-14-19(11-12-28-21)23-16-31(2)30-25(23)18-7-9-20(27)10-8-18/h3-12,14,16-17,32H,13,15H2,1-2H3,(H,29,33). The number of halogens is 1. The Kier molecular flexibility index (Phi) is 6.49. The second-order valence-electron chi connectivity index (χ2n) is 8.14. The summed E-state index contributed by atoms with van der Waals surface area (Å²) in [7, 11) is 1.86. The van der Waals surface area contributed by atoms with Crippen LogP contribution in [0.1, 0.15) is 23.0 Å². The molecule has 33 heavy (non-hydrogen) atoms. The van der Waals surface area contributed by atoms with Crippen LogP contribution in [0.5, 0.6) is 5.75 Å². The highest BCUT2D eigenvalue weighted by Gasteiger charge is 2.15. The molecule has 2 N–H and O–H groups in total. The molecule has 168 valence electrons. The molecule has 7 heteroatoms. The molecule has 0 aliphatic carbocycles. The molecule has 0 aliphatic heterocycles. The molecule has 1 atom stereocenters. The lowest BCUT2D eigenvalue weighted by Crippen LogP contribution is -2.29. The number of nitrogens with zero attached hydrogens (tertiary/aromatic N) is 3. The van der Waals surface area contributed by atoms with Crippen LogP contribution in [0.4, 0.5) is 4.39 Å². The average molecular weight is 445 g/mol. The van der Waals surface area contributed by atoms with Gasteiger partial charge in [0, 0.05) is 42.8 Å². The van der Waals surface area contributed by atoms with E-state index >= 15 is 0 Å². The Bertz CT molecular complexity index is 1270. The molecule has 2 aromatic heterocycles. The zero-order valence-electron chi connectivity index (χ0n) is 18.5. The van der Waals surface area contributed by atoms with Gasteiger partial charge >= 0.3 is 0 Å². The third kappa shape index (κ3) is 5.26. The van der Waals surface area contributed by atoms with Gasteiger partial charge in [-0.2, -0.15) is 5.10 Å². The fourth-order valence-electron chi connectivity index (χ4n) is 3.74. The highest BCUT2D eigenvalue weighted by molar-refractivity contribution is 5.96. The van der Waals surface area contributed by atoms with E-state index < -0.39 is 0 Å². The predicted octanol–water partition coefficient (Wildman–Crippen LogP) is 4.60. The van der Waals surface area contributed by atoms with Gasteiger partial charge in [-0.15, -0.1) is 0 Å². The van der Waals surface area contributed by atoms with E-state index in [-0.39, 0.29) is 29.0 Å². The van der Waals surface area contributed by atoms with Gasteiger partial charge in [-0.05, 0) is 66.4 Å². The van der Waals surface area contributed by atoms with E-state index in [2.05, 4.69) is 15.4 Å². The van der Waals surface area contributed by atoms with E-state index in [1.54, 1.807) is 41.2 Å². The SMILES string of the molecule is CC(CNC(=O)c1ccccc1O)Cc1cc(-c2cn(C)nc2-c2ccc(F)cc2)ccn1. The number of phenols is 1. The predicted molar refractivity (Wildman–Crippen MR) is 125 cm³/mol. The molecule has 0 spiro atoms. The van der Waals surface area contributed by atoms with Crippen molar-refractivity contribution in [2.45, 2.75) is 13.3 Å². The van der Waals surface area contributed by atoms with Crippen LogP contribution in [0.25, 0.3) is 22.4 Å². The summed E-state index contributed by atoms with van der Waals surface area (Å²) in [6.45, 7) is 2.49. The van der Waals surface area contributed by atoms with Crippen molar-refractivity contribution in [1.29, 1.82) is 0 Å². The smallest absolute Gasteiger partial charge is 0.255 e. The maximum Gasteiger partial charge on any atom is 0.255 e. The molecule has 1 amide bonds. The van der Waals surface area contributed by atoms with E-state index in [1.165, 1.54) is 18.2 Å². The first-order valence-corrected chi connectivity index (χ1v) is 10.7. The number of phenolic OH excluding ortho intramolecular Hbond substituents is 1. The number of benzene rings is 2. The number of aromatic hydroxyl groups is 1. The topological polar surface area (TPSA) is 80.0 Å². The normalized spacial score (nSPS) is 11.8. The van der Waals surface area contributed by atoms with Gasteiger partial charge in [0.25, 0.3) is 5.91 Å². The Morgan fingerprint density at radius 2 is 1.88 bits per heavy atom. The van der Waals surface area contributed by atoms with E-state index in [1.807, 2.05) is 32.3 Å². The first-order valence-electron chi connectivity index (χ1n) is 10.7. The number of nitrogens with one attached hydrogen (secondary N) is 1. The number of carbonyl (C=O) groups excluding carboxylic acids is 1. The zero-order chi connectivity index (χ0) is 23.4. The largest absolute Gasteiger partial charge is 0.507 e. The summed E-state index contributed by atoms with van der Waals surface area (Å²) < 4.78 is 15.1. The van der Waals surface area contributed by atoms with E-state index in [4.69, 9.17) is 0 Å². The summed E-state index contributed by atoms with van der Waals surface area (Å²) >= 11 is 0. The van der Waals surface area contributed by atoms with Crippen molar-refractivity contribution < 1.29 is 14.3 Å². The van der Waals surface area contributed by atoms with Crippen molar-refractivity contribution in [3.8, 4) is 28.1 Å². The fourth-order valence-corrected chi connectivity index (χ4v) is 3.74. The zero-order valence-corrected chi connectivity index (χ0v) is 18.5. The second kappa shape index (κ2) is 9.65. The number of amides is 1. The number of pyridine rings is 1. The number of hydrogen-bond acceptors (Lipinski definition) is 4. The Morgan fingerprint density at radius 1 is 1.12 bits per heavy atom. The van der Waals surface area contributed by atoms with E-state index in [0.717, 1.165) is 28.1 Å². The molecule has 6 nitrogen and oxygen atoms in total. The minimum atomic E-state index is -0.305. The molecule has 0 saturated heterocycles. The van der Waals surface area contributed by atoms with Crippen molar-refractivity contribution in [3.63, 3.8) is 0 Å². The second-order valence-corrected chi connectivity index (χ2v) is 8.14. The minimum Gasteiger partial charge on any atom is -0.507 e. The summed E-state index contributed by atoms with van der Waals surface area (Å²) in [4.78, 5) is 16.8. The first kappa shape index (κ1) is 22.2. The number of rotatable bonds is 7. The molecular weight excluding hydrogens is 419 g/mol. The van der Waals surface area contributed by atoms with Crippen LogP contribution in [-0.4, -0.2) is 32.3 Å². The van der Waals surface area contributed by atoms with Crippen molar-refractivity contribution >= 4 is 5.91 Å². The number of para-hydroxylation sites is 1. The van der Waals surface area contributed by atoms with Gasteiger partial charge in [-0.1, -0.05) is 19.1 Å². The maximum absolute atomic E-state index is 13.4. The number of carbonyl (C=O) groups is 1. The third-order valence-electron chi connectivity index (χ3n) is 5.39. The number of aryl methyl sites for hydroxylation is 1. The van der Waals surface area contributed by atoms with Crippen LogP contribution >= 0.6 is 0 Å². The van der Waals surface area contributed by atoms with Crippen LogP contribution in [-0.2, 0) is 13.5 Å². The van der Waals surface area contributed by atoms with Gasteiger partial charge in [0.05, 0.1) is 5.56 Å². The fraction of sp³-hybridized carbons (Fsp3) is 0.192. The monoisotopic (exact) mass is 444 g/mol. The van der Waals surface area contributed by atoms with Gasteiger partial charge in [-0.3, -0.25) is 14.5 Å². The summed E-state index contributed by atoms with van der Waals surface area (Å²) in [5, 5.41) is 17.3. The van der Waals surface area contributed by atoms with Crippen molar-refractivity contribution in [3.05, 3.63) is 90.1 Å². The molecule has 0 fully saturated rings. The van der Waals surface area contributed by atoms with Crippen molar-refractivity contribution in [2.75, 3.05) is 6.54 Å². The lowest BCUT2D eigenvalue weighted by molar-refractivity contribution is 0.0945. The Morgan fingerprint density at radius 3 is 2.64 bits per heavy atom. The van der Waals surface area contributed by atoms with Crippen LogP contribution in [0, 0.1) is 11.7 Å². The Labute approximate surface area is 191 Å². The van der Waals surface area contributed by atoms with E-state index in [9.17, 15) is 14.3 Å². The lowest BCUT2D eigenvalue weighted by Gasteiger charge is -2.13. The Hall–Kier alpha value is -4.00. The third-order valence-corrected chi connectivity index (χ3v) is 5.39. The van der Waals surface area contributed by atoms with Crippen LogP contribution in [0.15, 0.2) is 73.1 Å². The summed E-state index contributed by atoms with van der Waals surface area (Å²) in [5.74, 6) is -0.495. The van der Waals surface area contributed by atoms with Gasteiger partial charge in [0.15, 0.2) is 0 Å². The molecule has 0 saturated carbocycles. The van der Waals surface area contributed by atoms with Gasteiger partial charge in [-0.25, -0.2) is 4.39 Å². The van der Waals surface area contributed by atoms with Crippen LogP contribution < -0.4 is 5.32 Å². The van der Waals surface area contributed by atoms with Crippen molar-refractivity contribution in [2.24, 2.45) is 13.0 Å². The van der Waals surface area contributed by atoms with Gasteiger partial charge in [0.2, 0.25) is 0 Å². The van der Waals surface area contributed by atoms with Crippen molar-refractivity contribution in [1.82, 2.24) is 20.1 Å². The molecular formula is C26H25FN4O2. The maximum atomic E-state index is 13.4. The first-order chi connectivity index (χ1) is 15.9. The van der Waals surface area contributed by atoms with Gasteiger partial charge in [0.1, 0.15) is 17.3 Å². The van der Waals surface area contributed by atoms with Crippen LogP contribution in [0.2, 0.25) is 0 Å². The lowest BCUT2D eigenvalue weighted by atomic mass is 9.99. The van der Waals surface area contributed by atoms with Gasteiger partial charge < -0.3 is 10.4 Å². The molecule has 0 bridgehead atoms. The Balaban J connectivity index is 1.47. The minimum absolute atomic E-state index is 0.0366. The highest BCUT2D eigenvalue weighted by Crippen LogP contribution is 2.31. The molecule has 4 aromatic rings. The van der Waals surface area contributed by atoms with Crippen LogP contribution in [0.3, 0.4) is 0 Å². The molecule has 0 aliphatic rings. The molecule has 4 rings (SSSR count). The number of aromatic nitrogens is 3. The highest BCUT2D eigenvalue weighted by atomic mass is 19.1. The molecule has 2 heterocycles. The molecule has 0 radical (unpaired) electrons. The summed E-state index contributed by atoms with van der Waals surface area (Å²) in [6.07, 6.45) is 4.37. The molecule has 2 aromatic carbocycles. The average Bonchev–Trinajstić information content (AvgIpc) is 3.20. The molecule has 1 unspecified atom stereocenters. The summed E-state index contributed by atoms with van der Waals surface area (Å²) in [5.41, 5.74) is 4.68. The quantitative estimate of drug-likeness (QED) is 0.437. The number of hydrogen-bond donors (Lipinski definition) is 2.